The molecule has 0 heterocycles. The van der Waals surface area contributed by atoms with Crippen molar-refractivity contribution in [2.45, 2.75) is 11.4 Å². The summed E-state index contributed by atoms with van der Waals surface area (Å²) in [7, 11) is -3.80. The molecule has 3 aromatic carbocycles. The summed E-state index contributed by atoms with van der Waals surface area (Å²) >= 11 is 0. The van der Waals surface area contributed by atoms with Gasteiger partial charge in [-0.15, -0.1) is 0 Å². The number of nitrogens with one attached hydrogen (secondary N) is 2. The van der Waals surface area contributed by atoms with Gasteiger partial charge in [-0.05, 0) is 48.0 Å². The van der Waals surface area contributed by atoms with Gasteiger partial charge in [-0.25, -0.2) is 17.9 Å². The van der Waals surface area contributed by atoms with Crippen LogP contribution in [0.15, 0.2) is 83.8 Å². The molecule has 0 aliphatic rings. The Balaban J connectivity index is 1.72. The van der Waals surface area contributed by atoms with Crippen molar-refractivity contribution in [3.05, 3.63) is 95.6 Å². The van der Waals surface area contributed by atoms with E-state index < -0.39 is 21.9 Å². The first-order valence-corrected chi connectivity index (χ1v) is 10.1. The average molecular weight is 410 g/mol. The molecule has 7 nitrogen and oxygen atoms in total. The number of carbonyl (C=O) groups excluding carboxylic acids is 1. The van der Waals surface area contributed by atoms with Crippen molar-refractivity contribution in [3.63, 3.8) is 0 Å². The molecule has 0 saturated carbocycles. The van der Waals surface area contributed by atoms with Crippen LogP contribution in [0.3, 0.4) is 0 Å². The zero-order valence-electron chi connectivity index (χ0n) is 15.2. The molecule has 0 bridgehead atoms. The number of carbonyl (C=O) groups is 2. The highest BCUT2D eigenvalue weighted by Crippen LogP contribution is 2.15. The number of amides is 1. The number of anilines is 1. The molecule has 0 saturated heterocycles. The Kier molecular flexibility index (Phi) is 6.06. The van der Waals surface area contributed by atoms with Crippen LogP contribution >= 0.6 is 0 Å². The van der Waals surface area contributed by atoms with Crippen molar-refractivity contribution in [2.24, 2.45) is 0 Å². The molecule has 3 rings (SSSR count). The molecule has 29 heavy (non-hydrogen) atoms. The molecule has 0 aliphatic heterocycles. The number of carboxylic acid groups (broad SMARTS) is 1. The minimum Gasteiger partial charge on any atom is -0.478 e. The quantitative estimate of drug-likeness (QED) is 0.554. The van der Waals surface area contributed by atoms with E-state index in [2.05, 4.69) is 10.0 Å². The van der Waals surface area contributed by atoms with Crippen LogP contribution in [-0.2, 0) is 16.6 Å². The first kappa shape index (κ1) is 20.2. The fourth-order valence-electron chi connectivity index (χ4n) is 2.56. The summed E-state index contributed by atoms with van der Waals surface area (Å²) in [6.45, 7) is 0.134. The van der Waals surface area contributed by atoms with E-state index >= 15 is 0 Å². The molecule has 0 fully saturated rings. The number of hydrogen-bond donors (Lipinski definition) is 3. The van der Waals surface area contributed by atoms with E-state index in [0.29, 0.717) is 5.69 Å². The van der Waals surface area contributed by atoms with Crippen molar-refractivity contribution in [1.82, 2.24) is 4.72 Å². The zero-order chi connectivity index (χ0) is 20.9. The van der Waals surface area contributed by atoms with Crippen LogP contribution in [0, 0.1) is 0 Å². The predicted molar refractivity (Wildman–Crippen MR) is 108 cm³/mol. The van der Waals surface area contributed by atoms with Crippen molar-refractivity contribution < 1.29 is 23.1 Å². The van der Waals surface area contributed by atoms with Gasteiger partial charge in [0.25, 0.3) is 5.91 Å². The van der Waals surface area contributed by atoms with Crippen LogP contribution in [0.25, 0.3) is 0 Å². The Bertz CT molecular complexity index is 1130. The van der Waals surface area contributed by atoms with Crippen LogP contribution < -0.4 is 10.0 Å². The van der Waals surface area contributed by atoms with Gasteiger partial charge in [0.05, 0.1) is 10.5 Å². The lowest BCUT2D eigenvalue weighted by molar-refractivity contribution is 0.0696. The molecule has 8 heteroatoms. The van der Waals surface area contributed by atoms with E-state index in [1.54, 1.807) is 0 Å². The Morgan fingerprint density at radius 3 is 2.17 bits per heavy atom. The zero-order valence-corrected chi connectivity index (χ0v) is 16.0. The lowest BCUT2D eigenvalue weighted by Gasteiger charge is -2.09. The number of sulfonamides is 1. The predicted octanol–water partition coefficient (Wildman–Crippen LogP) is 3.12. The SMILES string of the molecule is O=C(O)c1ccc(NC(=O)c2cccc(S(=O)(=O)NCc3ccccc3)c2)cc1. The van der Waals surface area contributed by atoms with Crippen LogP contribution in [0.2, 0.25) is 0 Å². The van der Waals surface area contributed by atoms with Crippen LogP contribution in [0.4, 0.5) is 5.69 Å². The Morgan fingerprint density at radius 2 is 1.52 bits per heavy atom. The maximum atomic E-state index is 12.5. The van der Waals surface area contributed by atoms with Gasteiger partial charge in [-0.2, -0.15) is 0 Å². The maximum Gasteiger partial charge on any atom is 0.335 e. The second kappa shape index (κ2) is 8.68. The minimum absolute atomic E-state index is 0.0256. The smallest absolute Gasteiger partial charge is 0.335 e. The average Bonchev–Trinajstić information content (AvgIpc) is 2.73. The molecule has 3 N–H and O–H groups in total. The molecule has 0 spiro atoms. The molecule has 0 unspecified atom stereocenters. The number of hydrogen-bond acceptors (Lipinski definition) is 4. The maximum absolute atomic E-state index is 12.5. The summed E-state index contributed by atoms with van der Waals surface area (Å²) in [6.07, 6.45) is 0. The molecule has 0 radical (unpaired) electrons. The van der Waals surface area contributed by atoms with Crippen LogP contribution in [0.5, 0.6) is 0 Å². The normalized spacial score (nSPS) is 11.0. The van der Waals surface area contributed by atoms with Crippen molar-refractivity contribution in [1.29, 1.82) is 0 Å². The first-order chi connectivity index (χ1) is 13.8. The minimum atomic E-state index is -3.80. The summed E-state index contributed by atoms with van der Waals surface area (Å²) < 4.78 is 27.6. The monoisotopic (exact) mass is 410 g/mol. The van der Waals surface area contributed by atoms with Gasteiger partial charge in [0.2, 0.25) is 10.0 Å². The standard InChI is InChI=1S/C21H18N2O5S/c24-20(23-18-11-9-16(10-12-18)21(25)26)17-7-4-8-19(13-17)29(27,28)22-14-15-5-2-1-3-6-15/h1-13,22H,14H2,(H,23,24)(H,25,26). The highest BCUT2D eigenvalue weighted by molar-refractivity contribution is 7.89. The van der Waals surface area contributed by atoms with Gasteiger partial charge in [0, 0.05) is 17.8 Å². The third-order valence-corrected chi connectivity index (χ3v) is 5.50. The molecule has 1 amide bonds. The van der Waals surface area contributed by atoms with Gasteiger partial charge < -0.3 is 10.4 Å². The highest BCUT2D eigenvalue weighted by Gasteiger charge is 2.16. The Labute approximate surface area is 168 Å². The Hall–Kier alpha value is -3.49. The molecule has 0 aromatic heterocycles. The fourth-order valence-corrected chi connectivity index (χ4v) is 3.62. The second-order valence-corrected chi connectivity index (χ2v) is 7.94. The third-order valence-electron chi connectivity index (χ3n) is 4.11. The largest absolute Gasteiger partial charge is 0.478 e. The molecular formula is C21H18N2O5S. The van der Waals surface area contributed by atoms with Crippen molar-refractivity contribution >= 4 is 27.6 Å². The van der Waals surface area contributed by atoms with Crippen molar-refractivity contribution in [3.8, 4) is 0 Å². The van der Waals surface area contributed by atoms with Gasteiger partial charge >= 0.3 is 5.97 Å². The molecule has 3 aromatic rings. The Morgan fingerprint density at radius 1 is 0.828 bits per heavy atom. The van der Waals surface area contributed by atoms with Gasteiger partial charge in [-0.3, -0.25) is 4.79 Å². The summed E-state index contributed by atoms with van der Waals surface area (Å²) in [5, 5.41) is 11.5. The topological polar surface area (TPSA) is 113 Å². The third kappa shape index (κ3) is 5.28. The van der Waals surface area contributed by atoms with E-state index in [1.807, 2.05) is 30.3 Å². The molecule has 0 aliphatic carbocycles. The summed E-state index contributed by atoms with van der Waals surface area (Å²) in [5.74, 6) is -1.57. The lowest BCUT2D eigenvalue weighted by Crippen LogP contribution is -2.23. The van der Waals surface area contributed by atoms with E-state index in [4.69, 9.17) is 5.11 Å². The summed E-state index contributed by atoms with van der Waals surface area (Å²) in [4.78, 5) is 23.3. The fraction of sp³-hybridized carbons (Fsp3) is 0.0476. The highest BCUT2D eigenvalue weighted by atomic mass is 32.2. The van der Waals surface area contributed by atoms with Crippen LogP contribution in [0.1, 0.15) is 26.3 Å². The van der Waals surface area contributed by atoms with Gasteiger partial charge in [0.15, 0.2) is 0 Å². The number of rotatable bonds is 7. The second-order valence-electron chi connectivity index (χ2n) is 6.17. The number of carboxylic acids is 1. The van der Waals surface area contributed by atoms with E-state index in [-0.39, 0.29) is 22.6 Å². The van der Waals surface area contributed by atoms with Crippen molar-refractivity contribution in [2.75, 3.05) is 5.32 Å². The van der Waals surface area contributed by atoms with Crippen LogP contribution in [-0.4, -0.2) is 25.4 Å². The van der Waals surface area contributed by atoms with E-state index in [0.717, 1.165) is 5.56 Å². The molecule has 148 valence electrons. The lowest BCUT2D eigenvalue weighted by atomic mass is 10.2. The van der Waals surface area contributed by atoms with Gasteiger partial charge in [-0.1, -0.05) is 36.4 Å². The molecular weight excluding hydrogens is 392 g/mol. The number of benzene rings is 3. The molecule has 0 atom stereocenters. The number of aromatic carboxylic acids is 1. The van der Waals surface area contributed by atoms with E-state index in [9.17, 15) is 18.0 Å². The van der Waals surface area contributed by atoms with Gasteiger partial charge in [0.1, 0.15) is 0 Å². The first-order valence-electron chi connectivity index (χ1n) is 8.63. The summed E-state index contributed by atoms with van der Waals surface area (Å²) in [6, 6.07) is 20.4. The summed E-state index contributed by atoms with van der Waals surface area (Å²) in [5.41, 5.74) is 1.47. The van der Waals surface area contributed by atoms with E-state index in [1.165, 1.54) is 48.5 Å².